The number of H-pyrrole nitrogens is 1. The van der Waals surface area contributed by atoms with Crippen LogP contribution >= 0.6 is 11.8 Å². The van der Waals surface area contributed by atoms with Crippen molar-refractivity contribution in [2.45, 2.75) is 31.3 Å². The number of amides is 4. The molecule has 156 valence electrons. The van der Waals surface area contributed by atoms with Gasteiger partial charge in [-0.1, -0.05) is 18.2 Å². The van der Waals surface area contributed by atoms with Crippen LogP contribution in [0.5, 0.6) is 0 Å². The molecule has 9 heteroatoms. The lowest BCUT2D eigenvalue weighted by molar-refractivity contribution is -0.131. The normalized spacial score (nSPS) is 17.6. The van der Waals surface area contributed by atoms with Crippen LogP contribution in [0.4, 0.5) is 4.79 Å². The number of nitrogens with one attached hydrogen (secondary N) is 3. The van der Waals surface area contributed by atoms with E-state index in [9.17, 15) is 19.5 Å². The lowest BCUT2D eigenvalue weighted by Crippen LogP contribution is -2.42. The maximum Gasteiger partial charge on any atom is 0.324 e. The zero-order valence-corrected chi connectivity index (χ0v) is 17.1. The lowest BCUT2D eigenvalue weighted by Gasteiger charge is -2.17. The fourth-order valence-electron chi connectivity index (χ4n) is 3.44. The second-order valence-electron chi connectivity index (χ2n) is 7.03. The molecule has 29 heavy (non-hydrogen) atoms. The number of thioether (sulfide) groups is 1. The van der Waals surface area contributed by atoms with Crippen molar-refractivity contribution >= 4 is 40.5 Å². The van der Waals surface area contributed by atoms with Crippen LogP contribution in [0, 0.1) is 0 Å². The predicted molar refractivity (Wildman–Crippen MR) is 113 cm³/mol. The molecule has 0 spiro atoms. The molecule has 4 N–H and O–H groups in total. The quantitative estimate of drug-likeness (QED) is 0.434. The van der Waals surface area contributed by atoms with Crippen LogP contribution in [0.3, 0.4) is 0 Å². The van der Waals surface area contributed by atoms with Crippen molar-refractivity contribution in [3.63, 3.8) is 0 Å². The first kappa shape index (κ1) is 21.2. The second-order valence-corrected chi connectivity index (χ2v) is 8.02. The van der Waals surface area contributed by atoms with Crippen LogP contribution in [0.25, 0.3) is 10.9 Å². The molecular formula is C20H26N4O4S. The summed E-state index contributed by atoms with van der Waals surface area (Å²) in [5.74, 6) is 0.0589. The summed E-state index contributed by atoms with van der Waals surface area (Å²) in [7, 11) is 0. The number of benzene rings is 1. The van der Waals surface area contributed by atoms with E-state index in [0.717, 1.165) is 27.1 Å². The third-order valence-corrected chi connectivity index (χ3v) is 5.68. The van der Waals surface area contributed by atoms with Gasteiger partial charge in [0.05, 0.1) is 19.1 Å². The highest BCUT2D eigenvalue weighted by Crippen LogP contribution is 2.19. The Kier molecular flexibility index (Phi) is 7.16. The Morgan fingerprint density at radius 2 is 2.14 bits per heavy atom. The van der Waals surface area contributed by atoms with E-state index >= 15 is 0 Å². The monoisotopic (exact) mass is 418 g/mol. The third-order valence-electron chi connectivity index (χ3n) is 5.03. The van der Waals surface area contributed by atoms with E-state index in [1.54, 1.807) is 11.8 Å². The Morgan fingerprint density at radius 1 is 1.34 bits per heavy atom. The minimum absolute atomic E-state index is 0.135. The highest BCUT2D eigenvalue weighted by molar-refractivity contribution is 7.98. The summed E-state index contributed by atoms with van der Waals surface area (Å²) in [4.78, 5) is 41.4. The Bertz CT molecular complexity index is 884. The summed E-state index contributed by atoms with van der Waals surface area (Å²) in [6.07, 6.45) is 4.88. The summed E-state index contributed by atoms with van der Waals surface area (Å²) >= 11 is 1.63. The number of hydrogen-bond acceptors (Lipinski definition) is 5. The number of hydrogen-bond donors (Lipinski definition) is 4. The number of carbonyl (C=O) groups is 3. The summed E-state index contributed by atoms with van der Waals surface area (Å²) in [6, 6.07) is 6.16. The van der Waals surface area contributed by atoms with Gasteiger partial charge in [0.2, 0.25) is 5.91 Å². The molecule has 2 heterocycles. The molecule has 4 amide bonds. The number of aliphatic hydroxyl groups excluding tert-OH is 1. The van der Waals surface area contributed by atoms with Crippen molar-refractivity contribution < 1.29 is 19.5 Å². The standard InChI is InChI=1S/C20H26N4O4S/c1-29-9-7-14(12-25)22-18(26)10-17-19(27)24(20(28)23-17)8-6-13-11-21-16-5-3-2-4-15(13)16/h2-5,11,14,17,21,25H,6-10,12H2,1H3,(H,22,26)(H,23,28). The number of carbonyl (C=O) groups excluding carboxylic acids is 3. The number of aliphatic hydroxyl groups is 1. The number of rotatable bonds is 10. The molecule has 1 aliphatic heterocycles. The smallest absolute Gasteiger partial charge is 0.324 e. The number of imide groups is 1. The molecule has 1 saturated heterocycles. The first-order valence-electron chi connectivity index (χ1n) is 9.59. The number of urea groups is 1. The molecule has 1 aromatic heterocycles. The van der Waals surface area contributed by atoms with Crippen LogP contribution in [0.2, 0.25) is 0 Å². The third kappa shape index (κ3) is 5.10. The summed E-state index contributed by atoms with van der Waals surface area (Å²) in [5.41, 5.74) is 2.04. The first-order valence-corrected chi connectivity index (χ1v) is 11.0. The number of nitrogens with zero attached hydrogens (tertiary/aromatic N) is 1. The van der Waals surface area contributed by atoms with Gasteiger partial charge in [-0.3, -0.25) is 14.5 Å². The van der Waals surface area contributed by atoms with Crippen molar-refractivity contribution in [3.05, 3.63) is 36.0 Å². The van der Waals surface area contributed by atoms with Crippen molar-refractivity contribution in [1.82, 2.24) is 20.5 Å². The highest BCUT2D eigenvalue weighted by Gasteiger charge is 2.38. The Labute approximate surface area is 173 Å². The molecule has 0 saturated carbocycles. The van der Waals surface area contributed by atoms with Gasteiger partial charge in [-0.25, -0.2) is 4.79 Å². The predicted octanol–water partition coefficient (Wildman–Crippen LogP) is 1.25. The van der Waals surface area contributed by atoms with E-state index in [-0.39, 0.29) is 31.5 Å². The Hall–Kier alpha value is -2.52. The van der Waals surface area contributed by atoms with Gasteiger partial charge in [-0.05, 0) is 36.5 Å². The molecular weight excluding hydrogens is 392 g/mol. The maximum atomic E-state index is 12.6. The minimum Gasteiger partial charge on any atom is -0.394 e. The SMILES string of the molecule is CSCCC(CO)NC(=O)CC1NC(=O)N(CCc2c[nH]c3ccccc23)C1=O. The van der Waals surface area contributed by atoms with Gasteiger partial charge in [-0.15, -0.1) is 0 Å². The van der Waals surface area contributed by atoms with E-state index in [1.807, 2.05) is 36.7 Å². The van der Waals surface area contributed by atoms with Crippen LogP contribution < -0.4 is 10.6 Å². The summed E-state index contributed by atoms with van der Waals surface area (Å²) < 4.78 is 0. The van der Waals surface area contributed by atoms with E-state index in [0.29, 0.717) is 12.8 Å². The van der Waals surface area contributed by atoms with Crippen molar-refractivity contribution in [1.29, 1.82) is 0 Å². The summed E-state index contributed by atoms with van der Waals surface area (Å²) in [6.45, 7) is 0.0889. The first-order chi connectivity index (χ1) is 14.0. The number of fused-ring (bicyclic) bond motifs is 1. The molecule has 8 nitrogen and oxygen atoms in total. The zero-order valence-electron chi connectivity index (χ0n) is 16.3. The Morgan fingerprint density at radius 3 is 2.90 bits per heavy atom. The van der Waals surface area contributed by atoms with Crippen molar-refractivity contribution in [3.8, 4) is 0 Å². The van der Waals surface area contributed by atoms with Gasteiger partial charge in [0.1, 0.15) is 6.04 Å². The molecule has 2 unspecified atom stereocenters. The van der Waals surface area contributed by atoms with Crippen LogP contribution in [0.15, 0.2) is 30.5 Å². The van der Waals surface area contributed by atoms with Crippen molar-refractivity contribution in [2.24, 2.45) is 0 Å². The average Bonchev–Trinajstić information content (AvgIpc) is 3.24. The topological polar surface area (TPSA) is 115 Å². The minimum atomic E-state index is -0.870. The van der Waals surface area contributed by atoms with E-state index in [4.69, 9.17) is 0 Å². The fraction of sp³-hybridized carbons (Fsp3) is 0.450. The zero-order chi connectivity index (χ0) is 20.8. The number of aromatic amines is 1. The molecule has 2 atom stereocenters. The van der Waals surface area contributed by atoms with Crippen LogP contribution in [0.1, 0.15) is 18.4 Å². The molecule has 0 bridgehead atoms. The number of aromatic nitrogens is 1. The van der Waals surface area contributed by atoms with Gasteiger partial charge in [0.15, 0.2) is 0 Å². The summed E-state index contributed by atoms with van der Waals surface area (Å²) in [5, 5.41) is 15.7. The Balaban J connectivity index is 1.54. The highest BCUT2D eigenvalue weighted by atomic mass is 32.2. The number of para-hydroxylation sites is 1. The molecule has 1 aliphatic rings. The largest absolute Gasteiger partial charge is 0.394 e. The average molecular weight is 419 g/mol. The van der Waals surface area contributed by atoms with Gasteiger partial charge in [0, 0.05) is 23.6 Å². The molecule has 1 fully saturated rings. The van der Waals surface area contributed by atoms with Gasteiger partial charge >= 0.3 is 6.03 Å². The van der Waals surface area contributed by atoms with Crippen LogP contribution in [-0.2, 0) is 16.0 Å². The molecule has 3 rings (SSSR count). The molecule has 2 aromatic rings. The van der Waals surface area contributed by atoms with Gasteiger partial charge in [-0.2, -0.15) is 11.8 Å². The van der Waals surface area contributed by atoms with E-state index < -0.39 is 18.0 Å². The maximum absolute atomic E-state index is 12.6. The second kappa shape index (κ2) is 9.80. The van der Waals surface area contributed by atoms with Crippen LogP contribution in [-0.4, -0.2) is 70.1 Å². The lowest BCUT2D eigenvalue weighted by atomic mass is 10.1. The molecule has 1 aromatic carbocycles. The molecule has 0 aliphatic carbocycles. The fourth-order valence-corrected chi connectivity index (χ4v) is 3.96. The molecule has 0 radical (unpaired) electrons. The van der Waals surface area contributed by atoms with Crippen molar-refractivity contribution in [2.75, 3.05) is 25.2 Å². The van der Waals surface area contributed by atoms with Gasteiger partial charge in [0.25, 0.3) is 5.91 Å². The van der Waals surface area contributed by atoms with E-state index in [2.05, 4.69) is 15.6 Å². The van der Waals surface area contributed by atoms with E-state index in [1.165, 1.54) is 0 Å². The van der Waals surface area contributed by atoms with Gasteiger partial charge < -0.3 is 20.7 Å².